The number of hydrogen-bond donors (Lipinski definition) is 2. The Morgan fingerprint density at radius 1 is 1.13 bits per heavy atom. The molecule has 1 amide bonds. The molecule has 30 heavy (non-hydrogen) atoms. The van der Waals surface area contributed by atoms with Gasteiger partial charge in [-0.3, -0.25) is 9.78 Å². The lowest BCUT2D eigenvalue weighted by Crippen LogP contribution is -2.28. The largest absolute Gasteiger partial charge is 0.506 e. The molecule has 0 spiro atoms. The minimum atomic E-state index is -3.71. The number of halogens is 1. The molecule has 1 aromatic heterocycles. The summed E-state index contributed by atoms with van der Waals surface area (Å²) in [6.07, 6.45) is 1.60. The Labute approximate surface area is 173 Å². The minimum absolute atomic E-state index is 0.00432. The number of anilines is 1. The van der Waals surface area contributed by atoms with Gasteiger partial charge in [0.1, 0.15) is 11.6 Å². The number of aryl methyl sites for hydroxylation is 1. The van der Waals surface area contributed by atoms with Gasteiger partial charge in [-0.05, 0) is 56.2 Å². The first-order chi connectivity index (χ1) is 14.3. The normalized spacial score (nSPS) is 14.9. The number of nitrogens with zero attached hydrogens (tertiary/aromatic N) is 2. The van der Waals surface area contributed by atoms with Crippen molar-refractivity contribution in [2.24, 2.45) is 0 Å². The molecule has 4 rings (SSSR count). The van der Waals surface area contributed by atoms with Gasteiger partial charge in [0.15, 0.2) is 0 Å². The molecule has 1 saturated heterocycles. The van der Waals surface area contributed by atoms with E-state index < -0.39 is 21.7 Å². The summed E-state index contributed by atoms with van der Waals surface area (Å²) in [7, 11) is -3.71. The van der Waals surface area contributed by atoms with Crippen molar-refractivity contribution in [2.75, 3.05) is 18.4 Å². The number of pyridine rings is 1. The second kappa shape index (κ2) is 7.66. The molecule has 1 fully saturated rings. The second-order valence-corrected chi connectivity index (χ2v) is 9.15. The van der Waals surface area contributed by atoms with E-state index >= 15 is 0 Å². The molecular formula is C21H20FN3O4S. The second-order valence-electron chi connectivity index (χ2n) is 7.22. The summed E-state index contributed by atoms with van der Waals surface area (Å²) < 4.78 is 40.5. The average Bonchev–Trinajstić information content (AvgIpc) is 3.24. The number of nitrogens with one attached hydrogen (secondary N) is 1. The van der Waals surface area contributed by atoms with Crippen LogP contribution < -0.4 is 5.32 Å². The molecule has 0 unspecified atom stereocenters. The van der Waals surface area contributed by atoms with Crippen molar-refractivity contribution in [3.8, 4) is 5.75 Å². The van der Waals surface area contributed by atoms with Gasteiger partial charge in [-0.25, -0.2) is 12.8 Å². The highest BCUT2D eigenvalue weighted by atomic mass is 32.2. The van der Waals surface area contributed by atoms with E-state index in [9.17, 15) is 22.7 Å². The molecule has 0 radical (unpaired) electrons. The highest BCUT2D eigenvalue weighted by Gasteiger charge is 2.28. The molecular weight excluding hydrogens is 409 g/mol. The van der Waals surface area contributed by atoms with Crippen LogP contribution in [0.5, 0.6) is 5.75 Å². The first-order valence-electron chi connectivity index (χ1n) is 9.47. The molecule has 0 aliphatic carbocycles. The maximum absolute atomic E-state index is 13.6. The third-order valence-corrected chi connectivity index (χ3v) is 6.96. The van der Waals surface area contributed by atoms with E-state index in [1.807, 2.05) is 0 Å². The molecule has 0 atom stereocenters. The fourth-order valence-electron chi connectivity index (χ4n) is 3.56. The minimum Gasteiger partial charge on any atom is -0.506 e. The predicted molar refractivity (Wildman–Crippen MR) is 110 cm³/mol. The standard InChI is InChI=1S/C21H20FN3O4S/c1-13-10-17(16-6-4-14(22)11-18(16)23-13)21(27)24-19-12-15(5-7-20(19)26)30(28,29)25-8-2-3-9-25/h4-7,10-12,26H,2-3,8-9H2,1H3,(H,24,27). The number of carbonyl (C=O) groups excluding carboxylic acids is 1. The van der Waals surface area contributed by atoms with E-state index in [0.717, 1.165) is 12.8 Å². The summed E-state index contributed by atoms with van der Waals surface area (Å²) in [5.74, 6) is -1.29. The van der Waals surface area contributed by atoms with Crippen LogP contribution in [0, 0.1) is 12.7 Å². The van der Waals surface area contributed by atoms with E-state index in [-0.39, 0.29) is 21.9 Å². The monoisotopic (exact) mass is 429 g/mol. The lowest BCUT2D eigenvalue weighted by molar-refractivity contribution is 0.102. The molecule has 2 N–H and O–H groups in total. The van der Waals surface area contributed by atoms with Gasteiger partial charge in [-0.2, -0.15) is 4.31 Å². The number of amides is 1. The van der Waals surface area contributed by atoms with Gasteiger partial charge in [0.25, 0.3) is 5.91 Å². The van der Waals surface area contributed by atoms with Crippen LogP contribution in [0.15, 0.2) is 47.4 Å². The van der Waals surface area contributed by atoms with Crippen LogP contribution >= 0.6 is 0 Å². The summed E-state index contributed by atoms with van der Waals surface area (Å²) in [6.45, 7) is 2.58. The molecule has 2 aromatic carbocycles. The van der Waals surface area contributed by atoms with Crippen LogP contribution in [0.25, 0.3) is 10.9 Å². The Bertz CT molecular complexity index is 1250. The van der Waals surface area contributed by atoms with Crippen molar-refractivity contribution >= 4 is 32.5 Å². The van der Waals surface area contributed by atoms with Gasteiger partial charge < -0.3 is 10.4 Å². The zero-order valence-corrected chi connectivity index (χ0v) is 17.0. The van der Waals surface area contributed by atoms with E-state index in [2.05, 4.69) is 10.3 Å². The van der Waals surface area contributed by atoms with Gasteiger partial charge in [0, 0.05) is 30.2 Å². The highest BCUT2D eigenvalue weighted by molar-refractivity contribution is 7.89. The smallest absolute Gasteiger partial charge is 0.256 e. The molecule has 9 heteroatoms. The summed E-state index contributed by atoms with van der Waals surface area (Å²) in [6, 6.07) is 9.28. The number of phenols is 1. The number of fused-ring (bicyclic) bond motifs is 1. The van der Waals surface area contributed by atoms with E-state index in [4.69, 9.17) is 0 Å². The Morgan fingerprint density at radius 3 is 2.60 bits per heavy atom. The third-order valence-electron chi connectivity index (χ3n) is 5.06. The SMILES string of the molecule is Cc1cc(C(=O)Nc2cc(S(=O)(=O)N3CCCC3)ccc2O)c2ccc(F)cc2n1. The van der Waals surface area contributed by atoms with Crippen molar-refractivity contribution in [3.63, 3.8) is 0 Å². The predicted octanol–water partition coefficient (Wildman–Crippen LogP) is 3.42. The number of aromatic nitrogens is 1. The van der Waals surface area contributed by atoms with Crippen molar-refractivity contribution in [2.45, 2.75) is 24.7 Å². The van der Waals surface area contributed by atoms with Crippen molar-refractivity contribution in [1.29, 1.82) is 0 Å². The Balaban J connectivity index is 1.70. The zero-order chi connectivity index (χ0) is 21.5. The quantitative estimate of drug-likeness (QED) is 0.619. The van der Waals surface area contributed by atoms with Crippen LogP contribution in [0.3, 0.4) is 0 Å². The van der Waals surface area contributed by atoms with E-state index in [1.165, 1.54) is 40.7 Å². The highest BCUT2D eigenvalue weighted by Crippen LogP contribution is 2.30. The number of phenolic OH excluding ortho intramolecular Hbond substituents is 1. The van der Waals surface area contributed by atoms with Crippen LogP contribution in [-0.4, -0.2) is 41.8 Å². The van der Waals surface area contributed by atoms with Gasteiger partial charge in [-0.1, -0.05) is 0 Å². The number of aromatic hydroxyl groups is 1. The van der Waals surface area contributed by atoms with E-state index in [0.29, 0.717) is 29.7 Å². The van der Waals surface area contributed by atoms with Crippen LogP contribution in [0.4, 0.5) is 10.1 Å². The number of carbonyl (C=O) groups is 1. The van der Waals surface area contributed by atoms with Crippen molar-refractivity contribution in [3.05, 3.63) is 59.5 Å². The van der Waals surface area contributed by atoms with E-state index in [1.54, 1.807) is 13.0 Å². The van der Waals surface area contributed by atoms with Gasteiger partial charge in [0.2, 0.25) is 10.0 Å². The number of rotatable bonds is 4. The fourth-order valence-corrected chi connectivity index (χ4v) is 5.11. The molecule has 156 valence electrons. The topological polar surface area (TPSA) is 99.6 Å². The number of hydrogen-bond acceptors (Lipinski definition) is 5. The van der Waals surface area contributed by atoms with Gasteiger partial charge in [-0.15, -0.1) is 0 Å². The molecule has 7 nitrogen and oxygen atoms in total. The van der Waals surface area contributed by atoms with Crippen molar-refractivity contribution in [1.82, 2.24) is 9.29 Å². The molecule has 2 heterocycles. The molecule has 3 aromatic rings. The van der Waals surface area contributed by atoms with Gasteiger partial charge >= 0.3 is 0 Å². The zero-order valence-electron chi connectivity index (χ0n) is 16.2. The lowest BCUT2D eigenvalue weighted by Gasteiger charge is -2.17. The molecule has 0 saturated carbocycles. The maximum Gasteiger partial charge on any atom is 0.256 e. The van der Waals surface area contributed by atoms with Crippen LogP contribution in [-0.2, 0) is 10.0 Å². The lowest BCUT2D eigenvalue weighted by atomic mass is 10.1. The molecule has 1 aliphatic rings. The number of benzene rings is 2. The first-order valence-corrected chi connectivity index (χ1v) is 10.9. The van der Waals surface area contributed by atoms with Crippen LogP contribution in [0.2, 0.25) is 0 Å². The summed E-state index contributed by atoms with van der Waals surface area (Å²) in [5, 5.41) is 13.2. The summed E-state index contributed by atoms with van der Waals surface area (Å²) in [5.41, 5.74) is 1.07. The van der Waals surface area contributed by atoms with Gasteiger partial charge in [0.05, 0.1) is 21.7 Å². The summed E-state index contributed by atoms with van der Waals surface area (Å²) >= 11 is 0. The Kier molecular flexibility index (Phi) is 5.17. The molecule has 0 bridgehead atoms. The maximum atomic E-state index is 13.6. The van der Waals surface area contributed by atoms with Crippen molar-refractivity contribution < 1.29 is 22.7 Å². The summed E-state index contributed by atoms with van der Waals surface area (Å²) in [4.78, 5) is 17.2. The average molecular weight is 429 g/mol. The molecule has 1 aliphatic heterocycles. The van der Waals surface area contributed by atoms with Crippen LogP contribution in [0.1, 0.15) is 28.9 Å². The first kappa shape index (κ1) is 20.2. The fraction of sp³-hybridized carbons (Fsp3) is 0.238. The Hall–Kier alpha value is -3.04. The third kappa shape index (κ3) is 3.73. The Morgan fingerprint density at radius 2 is 1.87 bits per heavy atom. The number of sulfonamides is 1.